The number of halogens is 4. The summed E-state index contributed by atoms with van der Waals surface area (Å²) in [5.74, 6) is -0.952. The van der Waals surface area contributed by atoms with Crippen LogP contribution in [-0.4, -0.2) is 27.7 Å². The Morgan fingerprint density at radius 2 is 2.15 bits per heavy atom. The molecule has 0 aliphatic rings. The fourth-order valence-electron chi connectivity index (χ4n) is 1.29. The summed E-state index contributed by atoms with van der Waals surface area (Å²) in [5.41, 5.74) is 0.330. The third kappa shape index (κ3) is 3.70. The lowest BCUT2D eigenvalue weighted by Gasteiger charge is -2.11. The van der Waals surface area contributed by atoms with E-state index in [1.807, 2.05) is 0 Å². The van der Waals surface area contributed by atoms with E-state index in [4.69, 9.17) is 0 Å². The molecule has 0 radical (unpaired) electrons. The SMILES string of the molecule is O=C(Nc1ccc(OC(F)(F)F)c(Br)c1)c1cn[nH]n1. The predicted octanol–water partition coefficient (Wildman–Crippen LogP) is 2.72. The van der Waals surface area contributed by atoms with Gasteiger partial charge in [0.1, 0.15) is 5.75 Å². The lowest BCUT2D eigenvalue weighted by molar-refractivity contribution is -0.274. The fourth-order valence-corrected chi connectivity index (χ4v) is 1.75. The zero-order chi connectivity index (χ0) is 14.8. The number of hydrogen-bond acceptors (Lipinski definition) is 4. The van der Waals surface area contributed by atoms with Crippen LogP contribution >= 0.6 is 15.9 Å². The second kappa shape index (κ2) is 5.49. The van der Waals surface area contributed by atoms with Crippen LogP contribution in [0.25, 0.3) is 0 Å². The van der Waals surface area contributed by atoms with Crippen LogP contribution in [0, 0.1) is 0 Å². The van der Waals surface area contributed by atoms with Gasteiger partial charge < -0.3 is 10.1 Å². The third-order valence-electron chi connectivity index (χ3n) is 2.06. The van der Waals surface area contributed by atoms with Crippen molar-refractivity contribution < 1.29 is 22.7 Å². The Kier molecular flexibility index (Phi) is 3.93. The van der Waals surface area contributed by atoms with Gasteiger partial charge in [0.15, 0.2) is 5.69 Å². The fraction of sp³-hybridized carbons (Fsp3) is 0.100. The number of carbonyl (C=O) groups is 1. The number of rotatable bonds is 3. The van der Waals surface area contributed by atoms with Crippen LogP contribution in [0.2, 0.25) is 0 Å². The van der Waals surface area contributed by atoms with Gasteiger partial charge in [-0.1, -0.05) is 0 Å². The van der Waals surface area contributed by atoms with E-state index in [0.717, 1.165) is 6.07 Å². The van der Waals surface area contributed by atoms with Crippen LogP contribution in [0.1, 0.15) is 10.5 Å². The van der Waals surface area contributed by atoms with E-state index < -0.39 is 18.0 Å². The highest BCUT2D eigenvalue weighted by atomic mass is 79.9. The first kappa shape index (κ1) is 14.3. The second-order valence-electron chi connectivity index (χ2n) is 3.50. The van der Waals surface area contributed by atoms with Crippen LogP contribution in [0.4, 0.5) is 18.9 Å². The van der Waals surface area contributed by atoms with Crippen LogP contribution in [0.5, 0.6) is 5.75 Å². The van der Waals surface area contributed by atoms with Gasteiger partial charge in [0.25, 0.3) is 5.91 Å². The number of carbonyl (C=O) groups excluding carboxylic acids is 1. The van der Waals surface area contributed by atoms with Crippen LogP contribution in [-0.2, 0) is 0 Å². The Balaban J connectivity index is 2.11. The molecule has 0 saturated heterocycles. The zero-order valence-electron chi connectivity index (χ0n) is 9.53. The van der Waals surface area contributed by atoms with Gasteiger partial charge in [-0.3, -0.25) is 4.79 Å². The number of amides is 1. The van der Waals surface area contributed by atoms with Crippen LogP contribution in [0.3, 0.4) is 0 Å². The van der Waals surface area contributed by atoms with Crippen molar-refractivity contribution in [2.75, 3.05) is 5.32 Å². The lowest BCUT2D eigenvalue weighted by Crippen LogP contribution is -2.17. The van der Waals surface area contributed by atoms with E-state index in [1.54, 1.807) is 0 Å². The first-order chi connectivity index (χ1) is 9.35. The third-order valence-corrected chi connectivity index (χ3v) is 2.68. The molecule has 0 fully saturated rings. The van der Waals surface area contributed by atoms with Crippen molar-refractivity contribution in [2.45, 2.75) is 6.36 Å². The quantitative estimate of drug-likeness (QED) is 0.891. The maximum atomic E-state index is 12.1. The molecule has 0 atom stereocenters. The molecule has 1 aromatic carbocycles. The first-order valence-electron chi connectivity index (χ1n) is 5.07. The topological polar surface area (TPSA) is 79.9 Å². The largest absolute Gasteiger partial charge is 0.573 e. The Bertz CT molecular complexity index is 615. The molecule has 0 unspecified atom stereocenters. The summed E-state index contributed by atoms with van der Waals surface area (Å²) in [6.07, 6.45) is -3.57. The predicted molar refractivity (Wildman–Crippen MR) is 65.2 cm³/mol. The molecule has 0 aliphatic carbocycles. The number of hydrogen-bond donors (Lipinski definition) is 2. The minimum absolute atomic E-state index is 0.0489. The number of H-pyrrole nitrogens is 1. The molecule has 2 N–H and O–H groups in total. The van der Waals surface area contributed by atoms with Crippen molar-refractivity contribution in [3.05, 3.63) is 34.6 Å². The van der Waals surface area contributed by atoms with Crippen LogP contribution < -0.4 is 10.1 Å². The second-order valence-corrected chi connectivity index (χ2v) is 4.36. The Hall–Kier alpha value is -2.10. The molecule has 106 valence electrons. The number of benzene rings is 1. The average molecular weight is 351 g/mol. The van der Waals surface area contributed by atoms with E-state index in [9.17, 15) is 18.0 Å². The summed E-state index contributed by atoms with van der Waals surface area (Å²) in [4.78, 5) is 11.6. The zero-order valence-corrected chi connectivity index (χ0v) is 11.1. The maximum Gasteiger partial charge on any atom is 0.573 e. The molecule has 1 aromatic heterocycles. The van der Waals surface area contributed by atoms with Crippen molar-refractivity contribution in [1.29, 1.82) is 0 Å². The summed E-state index contributed by atoms with van der Waals surface area (Å²) in [7, 11) is 0. The number of nitrogens with one attached hydrogen (secondary N) is 2. The molecule has 2 rings (SSSR count). The molecule has 20 heavy (non-hydrogen) atoms. The van der Waals surface area contributed by atoms with Gasteiger partial charge in [-0.15, -0.1) is 13.2 Å². The van der Waals surface area contributed by atoms with E-state index in [0.29, 0.717) is 0 Å². The first-order valence-corrected chi connectivity index (χ1v) is 5.87. The summed E-state index contributed by atoms with van der Waals surface area (Å²) in [6.45, 7) is 0. The van der Waals surface area contributed by atoms with Gasteiger partial charge in [-0.25, -0.2) is 0 Å². The van der Waals surface area contributed by atoms with E-state index in [2.05, 4.69) is 41.4 Å². The highest BCUT2D eigenvalue weighted by Crippen LogP contribution is 2.32. The molecule has 1 heterocycles. The molecular weight excluding hydrogens is 345 g/mol. The molecule has 1 amide bonds. The van der Waals surface area contributed by atoms with Crippen molar-refractivity contribution in [3.63, 3.8) is 0 Å². The highest BCUT2D eigenvalue weighted by Gasteiger charge is 2.32. The Labute approximate surface area is 118 Å². The van der Waals surface area contributed by atoms with E-state index in [1.165, 1.54) is 18.3 Å². The average Bonchev–Trinajstić information content (AvgIpc) is 2.85. The van der Waals surface area contributed by atoms with Gasteiger partial charge in [-0.05, 0) is 34.1 Å². The highest BCUT2D eigenvalue weighted by molar-refractivity contribution is 9.10. The van der Waals surface area contributed by atoms with Crippen molar-refractivity contribution >= 4 is 27.5 Å². The number of aromatic nitrogens is 3. The number of ether oxygens (including phenoxy) is 1. The normalized spacial score (nSPS) is 11.2. The number of anilines is 1. The van der Waals surface area contributed by atoms with Crippen molar-refractivity contribution in [3.8, 4) is 5.75 Å². The van der Waals surface area contributed by atoms with Gasteiger partial charge in [0, 0.05) is 5.69 Å². The van der Waals surface area contributed by atoms with Crippen molar-refractivity contribution in [2.24, 2.45) is 0 Å². The molecule has 0 aliphatic heterocycles. The number of nitrogens with zero attached hydrogens (tertiary/aromatic N) is 2. The monoisotopic (exact) mass is 350 g/mol. The Morgan fingerprint density at radius 1 is 1.40 bits per heavy atom. The lowest BCUT2D eigenvalue weighted by atomic mass is 10.3. The summed E-state index contributed by atoms with van der Waals surface area (Å²) in [6, 6.07) is 3.62. The molecular formula is C10H6BrF3N4O2. The summed E-state index contributed by atoms with van der Waals surface area (Å²) >= 11 is 2.93. The van der Waals surface area contributed by atoms with Crippen LogP contribution in [0.15, 0.2) is 28.9 Å². The smallest absolute Gasteiger partial charge is 0.405 e. The Morgan fingerprint density at radius 3 is 2.70 bits per heavy atom. The van der Waals surface area contributed by atoms with Gasteiger partial charge in [0.2, 0.25) is 0 Å². The molecule has 0 bridgehead atoms. The van der Waals surface area contributed by atoms with Gasteiger partial charge in [-0.2, -0.15) is 15.4 Å². The standard InChI is InChI=1S/C10H6BrF3N4O2/c11-6-3-5(1-2-8(6)20-10(12,13)14)16-9(19)7-4-15-18-17-7/h1-4H,(H,16,19)(H,15,17,18). The van der Waals surface area contributed by atoms with E-state index in [-0.39, 0.29) is 15.9 Å². The molecule has 10 heteroatoms. The molecule has 6 nitrogen and oxygen atoms in total. The van der Waals surface area contributed by atoms with Crippen molar-refractivity contribution in [1.82, 2.24) is 15.4 Å². The number of aromatic amines is 1. The summed E-state index contributed by atoms with van der Waals surface area (Å²) in [5, 5.41) is 11.7. The number of alkyl halides is 3. The summed E-state index contributed by atoms with van der Waals surface area (Å²) < 4.78 is 40.1. The minimum atomic E-state index is -4.78. The molecule has 2 aromatic rings. The van der Waals surface area contributed by atoms with Gasteiger partial charge >= 0.3 is 6.36 Å². The maximum absolute atomic E-state index is 12.1. The molecule has 0 saturated carbocycles. The van der Waals surface area contributed by atoms with E-state index >= 15 is 0 Å². The molecule has 0 spiro atoms. The minimum Gasteiger partial charge on any atom is -0.405 e. The van der Waals surface area contributed by atoms with Gasteiger partial charge in [0.05, 0.1) is 10.7 Å².